The molecule has 0 aromatic carbocycles. The number of rotatable bonds is 2. The Morgan fingerprint density at radius 1 is 1.40 bits per heavy atom. The van der Waals surface area contributed by atoms with Crippen LogP contribution in [0.4, 0.5) is 0 Å². The van der Waals surface area contributed by atoms with Crippen LogP contribution in [-0.4, -0.2) is 37.7 Å². The van der Waals surface area contributed by atoms with Crippen molar-refractivity contribution in [1.29, 1.82) is 0 Å². The molecule has 0 aliphatic rings. The topological polar surface area (TPSA) is 76.8 Å². The van der Waals surface area contributed by atoms with E-state index in [4.69, 9.17) is 11.5 Å². The molecule has 0 amide bonds. The molecule has 0 aliphatic carbocycles. The summed E-state index contributed by atoms with van der Waals surface area (Å²) in [5, 5.41) is 0. The maximum absolute atomic E-state index is 5.42. The van der Waals surface area contributed by atoms with Crippen molar-refractivity contribution >= 4 is 60.6 Å². The number of nitrogens with zero attached hydrogens (tertiary/aromatic N) is 2. The van der Waals surface area contributed by atoms with E-state index >= 15 is 0 Å². The monoisotopic (exact) mass is 442 g/mol. The van der Waals surface area contributed by atoms with Gasteiger partial charge in [0.1, 0.15) is 0 Å². The molecule has 0 unspecified atom stereocenters. The van der Waals surface area contributed by atoms with Gasteiger partial charge in [0, 0.05) is 0 Å². The van der Waals surface area contributed by atoms with E-state index in [0.29, 0.717) is 43.3 Å². The van der Waals surface area contributed by atoms with Crippen molar-refractivity contribution in [2.45, 2.75) is 0 Å². The fourth-order valence-corrected chi connectivity index (χ4v) is 1.16. The Bertz CT molecular complexity index is 177. The third-order valence-electron chi connectivity index (χ3n) is 0.849. The second-order valence-corrected chi connectivity index (χ2v) is 2.95. The third-order valence-corrected chi connectivity index (χ3v) is 2.45. The summed E-state index contributed by atoms with van der Waals surface area (Å²) in [6, 6.07) is 0. The van der Waals surface area contributed by atoms with Gasteiger partial charge in [0.15, 0.2) is 0 Å². The molecule has 0 fully saturated rings. The standard InChI is InChI=1S/C4H6IN4.Tl/c1-2(3(6)7)4(8)9-5;/h1H2,(H4-,6,7,8,9);/q-1;+1. The molecule has 0 spiro atoms. The van der Waals surface area contributed by atoms with Crippen LogP contribution >= 0.6 is 22.9 Å². The van der Waals surface area contributed by atoms with E-state index in [1.54, 1.807) is 22.9 Å². The second kappa shape index (κ2) is 5.05. The van der Waals surface area contributed by atoms with Gasteiger partial charge in [-0.25, -0.2) is 0 Å². The molecule has 0 radical (unpaired) electrons. The zero-order chi connectivity index (χ0) is 8.15. The van der Waals surface area contributed by atoms with Crippen LogP contribution in [-0.2, 0) is 0 Å². The first-order chi connectivity index (χ1) is 4.63. The Kier molecular flexibility index (Phi) is 5.21. The molecule has 0 heterocycles. The van der Waals surface area contributed by atoms with Gasteiger partial charge in [0.05, 0.1) is 0 Å². The fraction of sp³-hybridized carbons (Fsp3) is 0. The van der Waals surface area contributed by atoms with Gasteiger partial charge in [0.2, 0.25) is 0 Å². The molecule has 0 bridgehead atoms. The van der Waals surface area contributed by atoms with Crippen LogP contribution in [0.15, 0.2) is 18.2 Å². The van der Waals surface area contributed by atoms with Crippen LogP contribution < -0.4 is 11.5 Å². The zero-order valence-corrected chi connectivity index (χ0v) is 11.9. The molecule has 6 heteroatoms. The molecule has 0 saturated heterocycles. The summed E-state index contributed by atoms with van der Waals surface area (Å²) in [5.41, 5.74) is 11.3. The van der Waals surface area contributed by atoms with Crippen molar-refractivity contribution in [1.82, 2.24) is 0 Å². The predicted molar refractivity (Wildman–Crippen MR) is 52.2 cm³/mol. The molecule has 0 aromatic rings. The van der Waals surface area contributed by atoms with E-state index in [1.807, 2.05) is 0 Å². The van der Waals surface area contributed by atoms with Crippen LogP contribution in [0.25, 0.3) is 0 Å². The summed E-state index contributed by atoms with van der Waals surface area (Å²) in [5.74, 6) is 0.727. The second-order valence-electron chi connectivity index (χ2n) is 1.46. The number of amidine groups is 2. The quantitative estimate of drug-likeness (QED) is 0.267. The number of hydrogen-bond donors (Lipinski definition) is 2. The first-order valence-corrected chi connectivity index (χ1v) is 5.28. The molecule has 4 nitrogen and oxygen atoms in total. The van der Waals surface area contributed by atoms with Crippen LogP contribution in [0.1, 0.15) is 0 Å². The van der Waals surface area contributed by atoms with E-state index in [2.05, 4.69) is 12.6 Å². The van der Waals surface area contributed by atoms with Crippen LogP contribution in [0.5, 0.6) is 0 Å². The van der Waals surface area contributed by atoms with Crippen molar-refractivity contribution in [2.75, 3.05) is 0 Å². The van der Waals surface area contributed by atoms with Crippen molar-refractivity contribution in [3.63, 3.8) is 0 Å². The average molecular weight is 441 g/mol. The Labute approximate surface area is 89.5 Å². The van der Waals surface area contributed by atoms with Gasteiger partial charge in [0.25, 0.3) is 0 Å². The van der Waals surface area contributed by atoms with E-state index in [-0.39, 0.29) is 0 Å². The molecule has 0 atom stereocenters. The maximum atomic E-state index is 5.42. The molecular formula is C4H6IN4Tl. The summed E-state index contributed by atoms with van der Waals surface area (Å²) in [6.07, 6.45) is 0. The predicted octanol–water partition coefficient (Wildman–Crippen LogP) is -0.309. The van der Waals surface area contributed by atoms with Crippen molar-refractivity contribution in [2.24, 2.45) is 17.5 Å². The molecule has 4 N–H and O–H groups in total. The zero-order valence-electron chi connectivity index (χ0n) is 5.21. The summed E-state index contributed by atoms with van der Waals surface area (Å²) < 4.78 is 7.53. The summed E-state index contributed by atoms with van der Waals surface area (Å²) in [6.45, 7) is 3.61. The number of hydrogen-bond acceptors (Lipinski definition) is 2. The Morgan fingerprint density at radius 2 is 1.90 bits per heavy atom. The molecular weight excluding hydrogens is 435 g/mol. The van der Waals surface area contributed by atoms with E-state index in [0.717, 1.165) is 0 Å². The summed E-state index contributed by atoms with van der Waals surface area (Å²) in [7, 11) is 0. The van der Waals surface area contributed by atoms with Crippen molar-refractivity contribution in [3.8, 4) is 0 Å². The normalized spacial score (nSPS) is 13.2. The van der Waals surface area contributed by atoms with Crippen molar-refractivity contribution < 1.29 is 0 Å². The molecule has 10 heavy (non-hydrogen) atoms. The van der Waals surface area contributed by atoms with Gasteiger partial charge < -0.3 is 0 Å². The molecule has 0 saturated carbocycles. The van der Waals surface area contributed by atoms with E-state index in [9.17, 15) is 0 Å². The van der Waals surface area contributed by atoms with Crippen LogP contribution in [0.2, 0.25) is 0 Å². The Balaban J connectivity index is 4.39. The first kappa shape index (κ1) is 10.3. The molecule has 0 aromatic heterocycles. The minimum absolute atomic E-state index is 0.336. The van der Waals surface area contributed by atoms with Gasteiger partial charge in [-0.3, -0.25) is 0 Å². The van der Waals surface area contributed by atoms with Crippen LogP contribution in [0, 0.1) is 0 Å². The molecule has 0 aliphatic heterocycles. The van der Waals surface area contributed by atoms with Gasteiger partial charge in [-0.1, -0.05) is 0 Å². The average Bonchev–Trinajstić information content (AvgIpc) is 2.00. The fourth-order valence-electron chi connectivity index (χ4n) is 0.260. The number of nitrogens with two attached hydrogens (primary N) is 2. The van der Waals surface area contributed by atoms with Gasteiger partial charge in [-0.2, -0.15) is 0 Å². The third kappa shape index (κ3) is 2.95. The summed E-state index contributed by atoms with van der Waals surface area (Å²) in [4.78, 5) is 0. The Morgan fingerprint density at radius 3 is 2.20 bits per heavy atom. The minimum atomic E-state index is 0.336. The van der Waals surface area contributed by atoms with Crippen molar-refractivity contribution in [3.05, 3.63) is 12.2 Å². The van der Waals surface area contributed by atoms with Gasteiger partial charge in [-0.05, 0) is 0 Å². The first-order valence-electron chi connectivity index (χ1n) is 2.31. The number of halogens is 1. The Hall–Kier alpha value is 0.332. The van der Waals surface area contributed by atoms with E-state index in [1.165, 1.54) is 0 Å². The molecule has 52 valence electrons. The SMILES string of the molecule is C=C(C(N)=NI)C(N)=[N][Tl]. The van der Waals surface area contributed by atoms with Gasteiger partial charge in [-0.15, -0.1) is 0 Å². The molecule has 0 rings (SSSR count). The van der Waals surface area contributed by atoms with Crippen LogP contribution in [0.3, 0.4) is 0 Å². The van der Waals surface area contributed by atoms with Gasteiger partial charge >= 0.3 is 90.2 Å². The summed E-state index contributed by atoms with van der Waals surface area (Å²) >= 11 is 2.26. The van der Waals surface area contributed by atoms with E-state index < -0.39 is 0 Å².